The zero-order valence-electron chi connectivity index (χ0n) is 6.58. The van der Waals surface area contributed by atoms with Gasteiger partial charge in [0.15, 0.2) is 0 Å². The van der Waals surface area contributed by atoms with Gasteiger partial charge in [-0.15, -0.1) is 0 Å². The fraction of sp³-hybridized carbons (Fsp3) is 0.125. The fourth-order valence-corrected chi connectivity index (χ4v) is 1.55. The van der Waals surface area contributed by atoms with Crippen LogP contribution in [0.1, 0.15) is 0 Å². The summed E-state index contributed by atoms with van der Waals surface area (Å²) >= 11 is 3.36. The molecular formula is C8H8BrN3. The maximum Gasteiger partial charge on any atom is 0.0700 e. The Morgan fingerprint density at radius 1 is 1.50 bits per heavy atom. The minimum absolute atomic E-state index is 0.742. The molecule has 1 heterocycles. The van der Waals surface area contributed by atoms with Gasteiger partial charge < -0.3 is 5.73 Å². The Kier molecular flexibility index (Phi) is 1.58. The summed E-state index contributed by atoms with van der Waals surface area (Å²) in [6.07, 6.45) is 1.82. The Hall–Kier alpha value is -1.03. The highest BCUT2D eigenvalue weighted by atomic mass is 79.9. The number of rotatable bonds is 0. The molecule has 0 spiro atoms. The van der Waals surface area contributed by atoms with E-state index in [0.717, 1.165) is 21.1 Å². The van der Waals surface area contributed by atoms with E-state index in [2.05, 4.69) is 21.0 Å². The summed E-state index contributed by atoms with van der Waals surface area (Å²) < 4.78 is 2.72. The first kappa shape index (κ1) is 7.61. The first-order valence-corrected chi connectivity index (χ1v) is 4.34. The Balaban J connectivity index is 2.87. The van der Waals surface area contributed by atoms with Gasteiger partial charge in [-0.1, -0.05) is 0 Å². The van der Waals surface area contributed by atoms with Gasteiger partial charge in [0.05, 0.1) is 11.7 Å². The van der Waals surface area contributed by atoms with Gasteiger partial charge in [0, 0.05) is 22.6 Å². The van der Waals surface area contributed by atoms with E-state index in [0.29, 0.717) is 0 Å². The molecule has 2 N–H and O–H groups in total. The molecule has 0 atom stereocenters. The third kappa shape index (κ3) is 0.992. The SMILES string of the molecule is Cn1ncc2cc(Br)c(N)cc21. The quantitative estimate of drug-likeness (QED) is 0.697. The molecule has 0 radical (unpaired) electrons. The fourth-order valence-electron chi connectivity index (χ4n) is 1.19. The topological polar surface area (TPSA) is 43.8 Å². The van der Waals surface area contributed by atoms with Crippen LogP contribution in [-0.2, 0) is 7.05 Å². The van der Waals surface area contributed by atoms with Crippen LogP contribution < -0.4 is 5.73 Å². The number of hydrogen-bond acceptors (Lipinski definition) is 2. The molecule has 2 rings (SSSR count). The van der Waals surface area contributed by atoms with Crippen molar-refractivity contribution in [2.24, 2.45) is 7.05 Å². The summed E-state index contributed by atoms with van der Waals surface area (Å²) in [6.45, 7) is 0. The largest absolute Gasteiger partial charge is 0.398 e. The van der Waals surface area contributed by atoms with Crippen LogP contribution in [0.2, 0.25) is 0 Å². The summed E-state index contributed by atoms with van der Waals surface area (Å²) in [7, 11) is 1.90. The van der Waals surface area contributed by atoms with E-state index in [-0.39, 0.29) is 0 Å². The lowest BCUT2D eigenvalue weighted by atomic mass is 10.2. The minimum Gasteiger partial charge on any atom is -0.398 e. The van der Waals surface area contributed by atoms with E-state index in [1.54, 1.807) is 4.68 Å². The van der Waals surface area contributed by atoms with Crippen molar-refractivity contribution in [1.82, 2.24) is 9.78 Å². The number of nitrogens with two attached hydrogens (primary N) is 1. The first-order valence-electron chi connectivity index (χ1n) is 3.55. The molecular weight excluding hydrogens is 218 g/mol. The normalized spacial score (nSPS) is 10.8. The molecule has 0 aliphatic carbocycles. The van der Waals surface area contributed by atoms with Gasteiger partial charge in [-0.05, 0) is 28.1 Å². The average molecular weight is 226 g/mol. The van der Waals surface area contributed by atoms with E-state index >= 15 is 0 Å². The van der Waals surface area contributed by atoms with Crippen LogP contribution in [0.5, 0.6) is 0 Å². The van der Waals surface area contributed by atoms with Crippen LogP contribution in [0, 0.1) is 0 Å². The second-order valence-electron chi connectivity index (χ2n) is 2.70. The van der Waals surface area contributed by atoms with Crippen LogP contribution in [0.25, 0.3) is 10.9 Å². The molecule has 1 aromatic heterocycles. The predicted molar refractivity (Wildman–Crippen MR) is 52.8 cm³/mol. The van der Waals surface area contributed by atoms with Crippen molar-refractivity contribution in [3.8, 4) is 0 Å². The first-order chi connectivity index (χ1) is 5.68. The molecule has 0 unspecified atom stereocenters. The summed E-state index contributed by atoms with van der Waals surface area (Å²) in [5, 5.41) is 5.21. The van der Waals surface area contributed by atoms with Gasteiger partial charge in [-0.2, -0.15) is 5.10 Å². The maximum absolute atomic E-state index is 5.73. The minimum atomic E-state index is 0.742. The summed E-state index contributed by atoms with van der Waals surface area (Å²) in [6, 6.07) is 3.88. The van der Waals surface area contributed by atoms with Gasteiger partial charge in [0.1, 0.15) is 0 Å². The molecule has 0 aliphatic heterocycles. The molecule has 0 aliphatic rings. The average Bonchev–Trinajstić information content (AvgIpc) is 2.35. The highest BCUT2D eigenvalue weighted by Gasteiger charge is 2.02. The van der Waals surface area contributed by atoms with E-state index in [4.69, 9.17) is 5.73 Å². The van der Waals surface area contributed by atoms with E-state index in [9.17, 15) is 0 Å². The number of fused-ring (bicyclic) bond motifs is 1. The molecule has 0 bridgehead atoms. The number of aromatic nitrogens is 2. The second kappa shape index (κ2) is 2.48. The molecule has 2 aromatic rings. The zero-order valence-corrected chi connectivity index (χ0v) is 8.17. The van der Waals surface area contributed by atoms with Crippen LogP contribution in [0.4, 0.5) is 5.69 Å². The number of nitrogens with zero attached hydrogens (tertiary/aromatic N) is 2. The number of aryl methyl sites for hydroxylation is 1. The number of nitrogen functional groups attached to an aromatic ring is 1. The molecule has 3 nitrogen and oxygen atoms in total. The van der Waals surface area contributed by atoms with Gasteiger partial charge in [-0.3, -0.25) is 4.68 Å². The Morgan fingerprint density at radius 2 is 2.25 bits per heavy atom. The Morgan fingerprint density at radius 3 is 3.00 bits per heavy atom. The van der Waals surface area contributed by atoms with Gasteiger partial charge >= 0.3 is 0 Å². The zero-order chi connectivity index (χ0) is 8.72. The van der Waals surface area contributed by atoms with Crippen molar-refractivity contribution in [2.45, 2.75) is 0 Å². The third-order valence-corrected chi connectivity index (χ3v) is 2.55. The Bertz CT molecular complexity index is 433. The summed E-state index contributed by atoms with van der Waals surface area (Å²) in [5.41, 5.74) is 7.52. The predicted octanol–water partition coefficient (Wildman–Crippen LogP) is 1.92. The van der Waals surface area contributed by atoms with Crippen LogP contribution in [0.3, 0.4) is 0 Å². The van der Waals surface area contributed by atoms with E-state index in [1.807, 2.05) is 25.4 Å². The molecule has 4 heteroatoms. The highest BCUT2D eigenvalue weighted by molar-refractivity contribution is 9.10. The maximum atomic E-state index is 5.73. The number of benzene rings is 1. The summed E-state index contributed by atoms with van der Waals surface area (Å²) in [4.78, 5) is 0. The lowest BCUT2D eigenvalue weighted by molar-refractivity contribution is 0.797. The molecule has 0 amide bonds. The standard InChI is InChI=1S/C8H8BrN3/c1-12-8-3-7(10)6(9)2-5(8)4-11-12/h2-4H,10H2,1H3. The lowest BCUT2D eigenvalue weighted by Gasteiger charge is -1.98. The van der Waals surface area contributed by atoms with Crippen LogP contribution in [-0.4, -0.2) is 9.78 Å². The molecule has 0 saturated carbocycles. The molecule has 0 fully saturated rings. The number of halogens is 1. The van der Waals surface area contributed by atoms with E-state index < -0.39 is 0 Å². The van der Waals surface area contributed by atoms with Gasteiger partial charge in [-0.25, -0.2) is 0 Å². The van der Waals surface area contributed by atoms with Crippen LogP contribution in [0.15, 0.2) is 22.8 Å². The van der Waals surface area contributed by atoms with Crippen molar-refractivity contribution < 1.29 is 0 Å². The second-order valence-corrected chi connectivity index (χ2v) is 3.56. The molecule has 12 heavy (non-hydrogen) atoms. The smallest absolute Gasteiger partial charge is 0.0700 e. The van der Waals surface area contributed by atoms with Crippen molar-refractivity contribution in [3.63, 3.8) is 0 Å². The third-order valence-electron chi connectivity index (χ3n) is 1.86. The lowest BCUT2D eigenvalue weighted by Crippen LogP contribution is -1.91. The highest BCUT2D eigenvalue weighted by Crippen LogP contribution is 2.25. The van der Waals surface area contributed by atoms with Crippen molar-refractivity contribution >= 4 is 32.5 Å². The number of anilines is 1. The van der Waals surface area contributed by atoms with Crippen molar-refractivity contribution in [3.05, 3.63) is 22.8 Å². The number of hydrogen-bond donors (Lipinski definition) is 1. The molecule has 0 saturated heterocycles. The molecule has 1 aromatic carbocycles. The Labute approximate surface area is 78.3 Å². The van der Waals surface area contributed by atoms with E-state index in [1.165, 1.54) is 0 Å². The van der Waals surface area contributed by atoms with Crippen molar-refractivity contribution in [2.75, 3.05) is 5.73 Å². The summed E-state index contributed by atoms with van der Waals surface area (Å²) in [5.74, 6) is 0. The van der Waals surface area contributed by atoms with Gasteiger partial charge in [0.25, 0.3) is 0 Å². The molecule has 62 valence electrons. The van der Waals surface area contributed by atoms with Crippen molar-refractivity contribution in [1.29, 1.82) is 0 Å². The van der Waals surface area contributed by atoms with Gasteiger partial charge in [0.2, 0.25) is 0 Å². The monoisotopic (exact) mass is 225 g/mol. The van der Waals surface area contributed by atoms with Crippen LogP contribution >= 0.6 is 15.9 Å².